The SMILES string of the molecule is O=C(NCCc1ccccc1)C(=O)Nc1sc2c(c1C(=O)O)CCCC2. The Labute approximate surface area is 155 Å². The van der Waals surface area contributed by atoms with E-state index < -0.39 is 17.8 Å². The highest BCUT2D eigenvalue weighted by Gasteiger charge is 2.27. The van der Waals surface area contributed by atoms with Crippen molar-refractivity contribution in [1.29, 1.82) is 0 Å². The molecule has 3 N–H and O–H groups in total. The fraction of sp³-hybridized carbons (Fsp3) is 0.316. The molecule has 26 heavy (non-hydrogen) atoms. The van der Waals surface area contributed by atoms with E-state index in [2.05, 4.69) is 10.6 Å². The third-order valence-corrected chi connectivity index (χ3v) is 5.57. The van der Waals surface area contributed by atoms with Crippen molar-refractivity contribution >= 4 is 34.1 Å². The summed E-state index contributed by atoms with van der Waals surface area (Å²) in [6.07, 6.45) is 4.09. The van der Waals surface area contributed by atoms with Crippen LogP contribution in [0.3, 0.4) is 0 Å². The van der Waals surface area contributed by atoms with Crippen LogP contribution in [0, 0.1) is 0 Å². The summed E-state index contributed by atoms with van der Waals surface area (Å²) in [5, 5.41) is 14.8. The van der Waals surface area contributed by atoms with Crippen molar-refractivity contribution in [2.24, 2.45) is 0 Å². The number of hydrogen-bond acceptors (Lipinski definition) is 4. The number of thiophene rings is 1. The average Bonchev–Trinajstić information content (AvgIpc) is 3.00. The molecule has 1 aliphatic carbocycles. The van der Waals surface area contributed by atoms with Crippen molar-refractivity contribution in [3.05, 3.63) is 51.9 Å². The van der Waals surface area contributed by atoms with Gasteiger partial charge in [0.2, 0.25) is 0 Å². The number of carbonyl (C=O) groups excluding carboxylic acids is 2. The van der Waals surface area contributed by atoms with Gasteiger partial charge >= 0.3 is 17.8 Å². The molecule has 2 aromatic rings. The van der Waals surface area contributed by atoms with Gasteiger partial charge in [-0.15, -0.1) is 11.3 Å². The van der Waals surface area contributed by atoms with Crippen LogP contribution >= 0.6 is 11.3 Å². The quantitative estimate of drug-likeness (QED) is 0.703. The molecule has 0 saturated carbocycles. The fourth-order valence-corrected chi connectivity index (χ4v) is 4.36. The van der Waals surface area contributed by atoms with Crippen LogP contribution in [0.1, 0.15) is 39.2 Å². The number of fused-ring (bicyclic) bond motifs is 1. The zero-order valence-corrected chi connectivity index (χ0v) is 15.0. The molecular formula is C19H20N2O4S. The van der Waals surface area contributed by atoms with Crippen LogP contribution in [0.2, 0.25) is 0 Å². The van der Waals surface area contributed by atoms with Gasteiger partial charge in [-0.2, -0.15) is 0 Å². The summed E-state index contributed by atoms with van der Waals surface area (Å²) in [6.45, 7) is 0.336. The molecule has 1 aliphatic rings. The molecule has 1 aromatic carbocycles. The Hall–Kier alpha value is -2.67. The molecule has 0 fully saturated rings. The number of rotatable bonds is 5. The summed E-state index contributed by atoms with van der Waals surface area (Å²) >= 11 is 1.26. The van der Waals surface area contributed by atoms with Crippen LogP contribution in [-0.2, 0) is 28.9 Å². The minimum atomic E-state index is -1.07. The Morgan fingerprint density at radius 3 is 2.50 bits per heavy atom. The molecule has 7 heteroatoms. The van der Waals surface area contributed by atoms with Gasteiger partial charge in [-0.25, -0.2) is 4.79 Å². The maximum Gasteiger partial charge on any atom is 0.339 e. The molecule has 1 heterocycles. The van der Waals surface area contributed by atoms with E-state index in [4.69, 9.17) is 0 Å². The third-order valence-electron chi connectivity index (χ3n) is 4.36. The molecule has 0 aliphatic heterocycles. The monoisotopic (exact) mass is 372 g/mol. The third kappa shape index (κ3) is 4.11. The van der Waals surface area contributed by atoms with Crippen LogP contribution < -0.4 is 10.6 Å². The number of benzene rings is 1. The standard InChI is InChI=1S/C19H20N2O4S/c22-16(20-11-10-12-6-2-1-3-7-12)17(23)21-18-15(19(24)25)13-8-4-5-9-14(13)26-18/h1-3,6-7H,4-5,8-11H2,(H,20,22)(H,21,23)(H,24,25). The van der Waals surface area contributed by atoms with E-state index in [-0.39, 0.29) is 10.6 Å². The Morgan fingerprint density at radius 1 is 1.04 bits per heavy atom. The molecular weight excluding hydrogens is 352 g/mol. The van der Waals surface area contributed by atoms with E-state index in [1.807, 2.05) is 30.3 Å². The van der Waals surface area contributed by atoms with Gasteiger partial charge in [0.1, 0.15) is 5.00 Å². The number of aryl methyl sites for hydroxylation is 1. The van der Waals surface area contributed by atoms with Crippen molar-refractivity contribution in [3.63, 3.8) is 0 Å². The van der Waals surface area contributed by atoms with E-state index in [1.165, 1.54) is 11.3 Å². The largest absolute Gasteiger partial charge is 0.478 e. The van der Waals surface area contributed by atoms with Crippen LogP contribution in [-0.4, -0.2) is 29.4 Å². The first-order chi connectivity index (χ1) is 12.6. The summed E-state index contributed by atoms with van der Waals surface area (Å²) in [4.78, 5) is 36.7. The van der Waals surface area contributed by atoms with Crippen molar-refractivity contribution in [3.8, 4) is 0 Å². The van der Waals surface area contributed by atoms with E-state index in [0.29, 0.717) is 19.4 Å². The van der Waals surface area contributed by atoms with Gasteiger partial charge in [-0.1, -0.05) is 30.3 Å². The highest BCUT2D eigenvalue weighted by molar-refractivity contribution is 7.17. The minimum absolute atomic E-state index is 0.134. The second-order valence-corrected chi connectivity index (χ2v) is 7.27. The Morgan fingerprint density at radius 2 is 1.77 bits per heavy atom. The van der Waals surface area contributed by atoms with Gasteiger partial charge < -0.3 is 15.7 Å². The number of carboxylic acid groups (broad SMARTS) is 1. The molecule has 0 radical (unpaired) electrons. The van der Waals surface area contributed by atoms with Gasteiger partial charge in [0.25, 0.3) is 0 Å². The molecule has 0 saturated heterocycles. The maximum atomic E-state index is 12.1. The van der Waals surface area contributed by atoms with Crippen molar-refractivity contribution < 1.29 is 19.5 Å². The number of hydrogen-bond donors (Lipinski definition) is 3. The second-order valence-electron chi connectivity index (χ2n) is 6.17. The molecule has 0 atom stereocenters. The zero-order chi connectivity index (χ0) is 18.5. The topological polar surface area (TPSA) is 95.5 Å². The highest BCUT2D eigenvalue weighted by atomic mass is 32.1. The van der Waals surface area contributed by atoms with E-state index in [1.54, 1.807) is 0 Å². The van der Waals surface area contributed by atoms with Gasteiger partial charge in [0.15, 0.2) is 0 Å². The van der Waals surface area contributed by atoms with E-state index in [9.17, 15) is 19.5 Å². The minimum Gasteiger partial charge on any atom is -0.478 e. The lowest BCUT2D eigenvalue weighted by molar-refractivity contribution is -0.136. The molecule has 136 valence electrons. The molecule has 0 bridgehead atoms. The van der Waals surface area contributed by atoms with E-state index in [0.717, 1.165) is 35.3 Å². The molecule has 6 nitrogen and oxygen atoms in total. The number of anilines is 1. The number of carboxylic acids is 1. The molecule has 0 spiro atoms. The first-order valence-corrected chi connectivity index (χ1v) is 9.39. The van der Waals surface area contributed by atoms with Crippen molar-refractivity contribution in [1.82, 2.24) is 5.32 Å². The van der Waals surface area contributed by atoms with E-state index >= 15 is 0 Å². The summed E-state index contributed by atoms with van der Waals surface area (Å²) in [7, 11) is 0. The van der Waals surface area contributed by atoms with Gasteiger partial charge in [0.05, 0.1) is 5.56 Å². The fourth-order valence-electron chi connectivity index (χ4n) is 3.09. The Kier molecular flexibility index (Phi) is 5.68. The molecule has 2 amide bonds. The number of nitrogens with one attached hydrogen (secondary N) is 2. The lowest BCUT2D eigenvalue weighted by Crippen LogP contribution is -2.36. The van der Waals surface area contributed by atoms with Crippen molar-refractivity contribution in [2.45, 2.75) is 32.1 Å². The summed E-state index contributed by atoms with van der Waals surface area (Å²) < 4.78 is 0. The van der Waals surface area contributed by atoms with Crippen LogP contribution in [0.5, 0.6) is 0 Å². The van der Waals surface area contributed by atoms with Gasteiger partial charge in [0, 0.05) is 11.4 Å². The van der Waals surface area contributed by atoms with Crippen LogP contribution in [0.4, 0.5) is 5.00 Å². The summed E-state index contributed by atoms with van der Waals surface area (Å²) in [6, 6.07) is 9.63. The molecule has 0 unspecified atom stereocenters. The van der Waals surface area contributed by atoms with Gasteiger partial charge in [-0.05, 0) is 43.2 Å². The normalized spacial score (nSPS) is 12.9. The zero-order valence-electron chi connectivity index (χ0n) is 14.2. The summed E-state index contributed by atoms with van der Waals surface area (Å²) in [5.41, 5.74) is 2.00. The first kappa shape index (κ1) is 18.1. The molecule has 3 rings (SSSR count). The first-order valence-electron chi connectivity index (χ1n) is 8.57. The Balaban J connectivity index is 1.61. The molecule has 1 aromatic heterocycles. The highest BCUT2D eigenvalue weighted by Crippen LogP contribution is 2.38. The summed E-state index contributed by atoms with van der Waals surface area (Å²) in [5.74, 6) is -2.66. The number of aromatic carboxylic acids is 1. The predicted molar refractivity (Wildman–Crippen MR) is 99.7 cm³/mol. The number of carbonyl (C=O) groups is 3. The Bertz CT molecular complexity index is 830. The average molecular weight is 372 g/mol. The van der Waals surface area contributed by atoms with Crippen molar-refractivity contribution in [2.75, 3.05) is 11.9 Å². The maximum absolute atomic E-state index is 12.1. The number of amides is 2. The smallest absolute Gasteiger partial charge is 0.339 e. The predicted octanol–water partition coefficient (Wildman–Crippen LogP) is 2.62. The lowest BCUT2D eigenvalue weighted by atomic mass is 9.95. The second kappa shape index (κ2) is 8.14. The van der Waals surface area contributed by atoms with Gasteiger partial charge in [-0.3, -0.25) is 9.59 Å². The van der Waals surface area contributed by atoms with Crippen LogP contribution in [0.25, 0.3) is 0 Å². The van der Waals surface area contributed by atoms with Crippen LogP contribution in [0.15, 0.2) is 30.3 Å². The lowest BCUT2D eigenvalue weighted by Gasteiger charge is -2.10.